The van der Waals surface area contributed by atoms with Gasteiger partial charge in [-0.3, -0.25) is 0 Å². The van der Waals surface area contributed by atoms with E-state index < -0.39 is 0 Å². The van der Waals surface area contributed by atoms with E-state index in [1.807, 2.05) is 13.0 Å². The number of methoxy groups -OCH3 is 1. The van der Waals surface area contributed by atoms with Crippen LogP contribution in [0.4, 0.5) is 4.39 Å². The van der Waals surface area contributed by atoms with Crippen LogP contribution in [0.2, 0.25) is 0 Å². The number of aryl methyl sites for hydroxylation is 1. The van der Waals surface area contributed by atoms with Gasteiger partial charge in [0.2, 0.25) is 0 Å². The fraction of sp³-hybridized carbons (Fsp3) is 0.231. The standard InChI is InChI=1S/C13H11BrClFOS/c1-7-9(6-12(14)18-7)13(15)8-3-4-10(16)11(5-8)17-2/h3-6,13H,1-2H3. The molecule has 0 bridgehead atoms. The minimum absolute atomic E-state index is 0.213. The number of alkyl halides is 1. The number of hydrogen-bond acceptors (Lipinski definition) is 2. The fourth-order valence-corrected chi connectivity index (χ4v) is 3.90. The zero-order valence-corrected chi connectivity index (χ0v) is 13.0. The van der Waals surface area contributed by atoms with E-state index >= 15 is 0 Å². The van der Waals surface area contributed by atoms with Gasteiger partial charge in [0.05, 0.1) is 16.3 Å². The van der Waals surface area contributed by atoms with Crippen molar-refractivity contribution in [3.05, 3.63) is 49.9 Å². The maximum atomic E-state index is 13.3. The maximum Gasteiger partial charge on any atom is 0.165 e. The van der Waals surface area contributed by atoms with Gasteiger partial charge < -0.3 is 4.74 Å². The van der Waals surface area contributed by atoms with Gasteiger partial charge in [-0.25, -0.2) is 4.39 Å². The molecule has 1 nitrogen and oxygen atoms in total. The van der Waals surface area contributed by atoms with E-state index in [-0.39, 0.29) is 16.9 Å². The Morgan fingerprint density at radius 2 is 2.11 bits per heavy atom. The molecule has 0 spiro atoms. The molecule has 2 rings (SSSR count). The molecule has 1 unspecified atom stereocenters. The van der Waals surface area contributed by atoms with Crippen molar-refractivity contribution in [2.45, 2.75) is 12.3 Å². The van der Waals surface area contributed by atoms with E-state index in [9.17, 15) is 4.39 Å². The first kappa shape index (κ1) is 13.8. The molecule has 5 heteroatoms. The van der Waals surface area contributed by atoms with Gasteiger partial charge in [0.25, 0.3) is 0 Å². The molecule has 96 valence electrons. The van der Waals surface area contributed by atoms with Crippen LogP contribution < -0.4 is 4.74 Å². The van der Waals surface area contributed by atoms with Crippen LogP contribution in [0.1, 0.15) is 21.4 Å². The average molecular weight is 350 g/mol. The van der Waals surface area contributed by atoms with Crippen LogP contribution in [0.3, 0.4) is 0 Å². The van der Waals surface area contributed by atoms with Crippen molar-refractivity contribution in [1.82, 2.24) is 0 Å². The van der Waals surface area contributed by atoms with Crippen molar-refractivity contribution in [1.29, 1.82) is 0 Å². The number of halogens is 3. The zero-order chi connectivity index (χ0) is 13.3. The van der Waals surface area contributed by atoms with E-state index in [2.05, 4.69) is 15.9 Å². The number of rotatable bonds is 3. The Morgan fingerprint density at radius 3 is 2.67 bits per heavy atom. The van der Waals surface area contributed by atoms with E-state index in [1.165, 1.54) is 13.2 Å². The lowest BCUT2D eigenvalue weighted by Crippen LogP contribution is -1.96. The second-order valence-electron chi connectivity index (χ2n) is 3.82. The smallest absolute Gasteiger partial charge is 0.165 e. The molecule has 18 heavy (non-hydrogen) atoms. The normalized spacial score (nSPS) is 12.5. The molecule has 1 heterocycles. The Bertz CT molecular complexity index is 570. The summed E-state index contributed by atoms with van der Waals surface area (Å²) >= 11 is 11.5. The Balaban J connectivity index is 2.39. The van der Waals surface area contributed by atoms with E-state index in [1.54, 1.807) is 23.5 Å². The third-order valence-corrected chi connectivity index (χ3v) is 4.72. The Morgan fingerprint density at radius 1 is 1.39 bits per heavy atom. The van der Waals surface area contributed by atoms with Crippen LogP contribution in [0.25, 0.3) is 0 Å². The fourth-order valence-electron chi connectivity index (χ4n) is 1.72. The van der Waals surface area contributed by atoms with Gasteiger partial charge in [0, 0.05) is 4.88 Å². The summed E-state index contributed by atoms with van der Waals surface area (Å²) < 4.78 is 19.3. The van der Waals surface area contributed by atoms with Crippen molar-refractivity contribution in [2.24, 2.45) is 0 Å². The van der Waals surface area contributed by atoms with E-state index in [4.69, 9.17) is 16.3 Å². The van der Waals surface area contributed by atoms with Crippen molar-refractivity contribution in [3.8, 4) is 5.75 Å². The van der Waals surface area contributed by atoms with Crippen molar-refractivity contribution in [2.75, 3.05) is 7.11 Å². The van der Waals surface area contributed by atoms with Gasteiger partial charge in [-0.2, -0.15) is 0 Å². The van der Waals surface area contributed by atoms with Gasteiger partial charge >= 0.3 is 0 Å². The zero-order valence-electron chi connectivity index (χ0n) is 9.84. The van der Waals surface area contributed by atoms with E-state index in [0.717, 1.165) is 19.8 Å². The highest BCUT2D eigenvalue weighted by Gasteiger charge is 2.17. The SMILES string of the molecule is COc1cc(C(Cl)c2cc(Br)sc2C)ccc1F. The predicted molar refractivity (Wildman–Crippen MR) is 77.4 cm³/mol. The minimum atomic E-state index is -0.381. The molecule has 0 saturated heterocycles. The van der Waals surface area contributed by atoms with Crippen molar-refractivity contribution in [3.63, 3.8) is 0 Å². The lowest BCUT2D eigenvalue weighted by molar-refractivity contribution is 0.386. The number of thiophene rings is 1. The van der Waals surface area contributed by atoms with Gasteiger partial charge in [-0.05, 0) is 52.2 Å². The quantitative estimate of drug-likeness (QED) is 0.684. The van der Waals surface area contributed by atoms with Crippen molar-refractivity contribution < 1.29 is 9.13 Å². The molecule has 1 atom stereocenters. The van der Waals surface area contributed by atoms with Crippen LogP contribution >= 0.6 is 38.9 Å². The molecule has 2 aromatic rings. The summed E-state index contributed by atoms with van der Waals surface area (Å²) in [6, 6.07) is 6.69. The summed E-state index contributed by atoms with van der Waals surface area (Å²) in [5, 5.41) is -0.304. The first-order chi connectivity index (χ1) is 8.52. The minimum Gasteiger partial charge on any atom is -0.494 e. The van der Waals surface area contributed by atoms with Crippen LogP contribution in [0.15, 0.2) is 28.1 Å². The molecule has 1 aromatic carbocycles. The monoisotopic (exact) mass is 348 g/mol. The number of ether oxygens (including phenoxy) is 1. The maximum absolute atomic E-state index is 13.3. The van der Waals surface area contributed by atoms with Gasteiger partial charge in [0.1, 0.15) is 0 Å². The second kappa shape index (κ2) is 5.59. The van der Waals surface area contributed by atoms with Crippen LogP contribution in [-0.4, -0.2) is 7.11 Å². The summed E-state index contributed by atoms with van der Waals surface area (Å²) in [6.45, 7) is 2.01. The van der Waals surface area contributed by atoms with Gasteiger partial charge in [-0.1, -0.05) is 6.07 Å². The Hall–Kier alpha value is -0.580. The summed E-state index contributed by atoms with van der Waals surface area (Å²) in [7, 11) is 1.44. The molecule has 0 aliphatic heterocycles. The molecule has 0 amide bonds. The summed E-state index contributed by atoms with van der Waals surface area (Å²) in [5.41, 5.74) is 1.85. The molecular weight excluding hydrogens is 339 g/mol. The number of hydrogen-bond donors (Lipinski definition) is 0. The topological polar surface area (TPSA) is 9.23 Å². The molecule has 1 aromatic heterocycles. The lowest BCUT2D eigenvalue weighted by Gasteiger charge is -2.11. The van der Waals surface area contributed by atoms with Crippen LogP contribution in [-0.2, 0) is 0 Å². The molecule has 0 aliphatic carbocycles. The summed E-state index contributed by atoms with van der Waals surface area (Å²) in [5.74, 6) is -0.168. The summed E-state index contributed by atoms with van der Waals surface area (Å²) in [6.07, 6.45) is 0. The summed E-state index contributed by atoms with van der Waals surface area (Å²) in [4.78, 5) is 1.14. The van der Waals surface area contributed by atoms with Gasteiger partial charge in [0.15, 0.2) is 11.6 Å². The van der Waals surface area contributed by atoms with Gasteiger partial charge in [-0.15, -0.1) is 22.9 Å². The van der Waals surface area contributed by atoms with Crippen molar-refractivity contribution >= 4 is 38.9 Å². The Kier molecular flexibility index (Phi) is 4.30. The third-order valence-electron chi connectivity index (χ3n) is 2.67. The van der Waals surface area contributed by atoms with E-state index in [0.29, 0.717) is 0 Å². The first-order valence-corrected chi connectivity index (χ1v) is 7.31. The molecular formula is C13H11BrClFOS. The predicted octanol–water partition coefficient (Wildman–Crippen LogP) is 5.29. The molecule has 0 N–H and O–H groups in total. The largest absolute Gasteiger partial charge is 0.494 e. The molecule has 0 fully saturated rings. The van der Waals surface area contributed by atoms with Crippen LogP contribution in [0.5, 0.6) is 5.75 Å². The first-order valence-electron chi connectivity index (χ1n) is 5.26. The molecule has 0 radical (unpaired) electrons. The number of benzene rings is 1. The lowest BCUT2D eigenvalue weighted by atomic mass is 10.0. The third kappa shape index (κ3) is 2.71. The highest BCUT2D eigenvalue weighted by molar-refractivity contribution is 9.11. The average Bonchev–Trinajstić information content (AvgIpc) is 2.68. The Labute approximate surface area is 123 Å². The highest BCUT2D eigenvalue weighted by atomic mass is 79.9. The highest BCUT2D eigenvalue weighted by Crippen LogP contribution is 2.38. The molecule has 0 aliphatic rings. The van der Waals surface area contributed by atoms with Crippen LogP contribution in [0, 0.1) is 12.7 Å². The molecule has 0 saturated carbocycles. The second-order valence-corrected chi connectivity index (χ2v) is 6.89.